The van der Waals surface area contributed by atoms with E-state index in [9.17, 15) is 0 Å². The Labute approximate surface area is 72.0 Å². The molecule has 0 N–H and O–H groups in total. The molecule has 0 bridgehead atoms. The summed E-state index contributed by atoms with van der Waals surface area (Å²) in [4.78, 5) is 0. The zero-order valence-electron chi connectivity index (χ0n) is 7.29. The summed E-state index contributed by atoms with van der Waals surface area (Å²) in [5, 5.41) is 0.825. The van der Waals surface area contributed by atoms with Crippen LogP contribution in [0, 0.1) is 27.7 Å². The van der Waals surface area contributed by atoms with Crippen LogP contribution in [0.5, 0.6) is 0 Å². The van der Waals surface area contributed by atoms with Crippen molar-refractivity contribution in [2.45, 2.75) is 27.7 Å². The highest BCUT2D eigenvalue weighted by Crippen LogP contribution is 2.25. The van der Waals surface area contributed by atoms with Crippen LogP contribution in [0.1, 0.15) is 22.6 Å². The van der Waals surface area contributed by atoms with Crippen LogP contribution in [0.4, 0.5) is 0 Å². The maximum atomic E-state index is 6.03. The van der Waals surface area contributed by atoms with Gasteiger partial charge in [-0.25, -0.2) is 4.42 Å². The molecule has 1 aromatic rings. The van der Waals surface area contributed by atoms with Crippen LogP contribution in [0.3, 0.4) is 0 Å². The van der Waals surface area contributed by atoms with Gasteiger partial charge in [-0.05, 0) is 13.8 Å². The topological polar surface area (TPSA) is 11.3 Å². The first-order valence-electron chi connectivity index (χ1n) is 3.60. The van der Waals surface area contributed by atoms with Crippen molar-refractivity contribution in [3.63, 3.8) is 0 Å². The van der Waals surface area contributed by atoms with Crippen LogP contribution in [0.25, 0.3) is 0 Å². The molecule has 1 aromatic heterocycles. The maximum absolute atomic E-state index is 6.03. The highest BCUT2D eigenvalue weighted by Gasteiger charge is 2.17. The smallest absolute Gasteiger partial charge is 0.218 e. The summed E-state index contributed by atoms with van der Waals surface area (Å²) in [6, 6.07) is 0. The van der Waals surface area contributed by atoms with E-state index in [-0.39, 0.29) is 0 Å². The predicted octanol–water partition coefficient (Wildman–Crippen LogP) is 3.45. The van der Waals surface area contributed by atoms with Gasteiger partial charge in [0.2, 0.25) is 0 Å². The molecule has 0 unspecified atom stereocenters. The third kappa shape index (κ3) is 1.38. The van der Waals surface area contributed by atoms with Crippen molar-refractivity contribution in [3.8, 4) is 0 Å². The standard InChI is InChI=1S/C9H12ClO/c1-5-7(3)11-8(4)6(2)9(5)10/h1-4H3/q+1. The average Bonchev–Trinajstić information content (AvgIpc) is 1.97. The van der Waals surface area contributed by atoms with Gasteiger partial charge in [-0.3, -0.25) is 0 Å². The minimum absolute atomic E-state index is 0.825. The molecule has 1 rings (SSSR count). The lowest BCUT2D eigenvalue weighted by molar-refractivity contribution is 0.477. The molecule has 0 aromatic carbocycles. The summed E-state index contributed by atoms with van der Waals surface area (Å²) >= 11 is 6.03. The molecule has 0 spiro atoms. The quantitative estimate of drug-likeness (QED) is 0.545. The largest absolute Gasteiger partial charge is 0.330 e. The summed E-state index contributed by atoms with van der Waals surface area (Å²) in [6.45, 7) is 7.78. The Morgan fingerprint density at radius 2 is 1.27 bits per heavy atom. The molecule has 1 heterocycles. The molecule has 0 saturated heterocycles. The lowest BCUT2D eigenvalue weighted by Crippen LogP contribution is -1.89. The van der Waals surface area contributed by atoms with Crippen molar-refractivity contribution in [1.82, 2.24) is 0 Å². The lowest BCUT2D eigenvalue weighted by atomic mass is 10.1. The summed E-state index contributed by atoms with van der Waals surface area (Å²) in [5.41, 5.74) is 2.07. The molecular formula is C9H12ClO+. The molecule has 0 amide bonds. The maximum Gasteiger partial charge on any atom is 0.330 e. The Morgan fingerprint density at radius 3 is 1.64 bits per heavy atom. The first-order chi connectivity index (χ1) is 5.04. The molecule has 0 aliphatic carbocycles. The Bertz CT molecular complexity index is 266. The van der Waals surface area contributed by atoms with Gasteiger partial charge in [0.25, 0.3) is 0 Å². The predicted molar refractivity (Wildman–Crippen MR) is 47.1 cm³/mol. The number of hydrogen-bond acceptors (Lipinski definition) is 0. The number of halogens is 1. The van der Waals surface area contributed by atoms with Gasteiger partial charge < -0.3 is 0 Å². The monoisotopic (exact) mass is 171 g/mol. The number of rotatable bonds is 0. The van der Waals surface area contributed by atoms with E-state index >= 15 is 0 Å². The molecule has 11 heavy (non-hydrogen) atoms. The van der Waals surface area contributed by atoms with Crippen molar-refractivity contribution >= 4 is 11.6 Å². The minimum atomic E-state index is 0.825. The van der Waals surface area contributed by atoms with E-state index in [1.807, 2.05) is 27.7 Å². The molecule has 0 aliphatic heterocycles. The van der Waals surface area contributed by atoms with Gasteiger partial charge in [0.1, 0.15) is 0 Å². The first kappa shape index (κ1) is 8.54. The molecule has 1 nitrogen and oxygen atoms in total. The van der Waals surface area contributed by atoms with Crippen LogP contribution in [0.15, 0.2) is 4.42 Å². The van der Waals surface area contributed by atoms with Gasteiger partial charge in [-0.1, -0.05) is 11.6 Å². The SMILES string of the molecule is Cc1[o+]c(C)c(C)c(Cl)c1C. The Balaban J connectivity index is 3.46. The van der Waals surface area contributed by atoms with E-state index < -0.39 is 0 Å². The third-order valence-electron chi connectivity index (χ3n) is 2.02. The second kappa shape index (κ2) is 2.82. The summed E-state index contributed by atoms with van der Waals surface area (Å²) in [7, 11) is 0. The van der Waals surface area contributed by atoms with Crippen molar-refractivity contribution in [1.29, 1.82) is 0 Å². The van der Waals surface area contributed by atoms with Crippen LogP contribution < -0.4 is 0 Å². The van der Waals surface area contributed by atoms with E-state index in [0.717, 1.165) is 27.7 Å². The minimum Gasteiger partial charge on any atom is -0.218 e. The second-order valence-electron chi connectivity index (χ2n) is 2.78. The molecule has 0 aliphatic rings. The molecule has 0 atom stereocenters. The van der Waals surface area contributed by atoms with E-state index in [1.54, 1.807) is 0 Å². The number of hydrogen-bond donors (Lipinski definition) is 0. The van der Waals surface area contributed by atoms with Gasteiger partial charge in [0, 0.05) is 0 Å². The van der Waals surface area contributed by atoms with Gasteiger partial charge in [-0.15, -0.1) is 0 Å². The van der Waals surface area contributed by atoms with Crippen molar-refractivity contribution in [2.24, 2.45) is 0 Å². The Kier molecular flexibility index (Phi) is 2.19. The highest BCUT2D eigenvalue weighted by molar-refractivity contribution is 6.32. The Morgan fingerprint density at radius 1 is 0.909 bits per heavy atom. The molecule has 0 fully saturated rings. The lowest BCUT2D eigenvalue weighted by Gasteiger charge is -1.97. The third-order valence-corrected chi connectivity index (χ3v) is 2.59. The van der Waals surface area contributed by atoms with Crippen LogP contribution in [-0.2, 0) is 0 Å². The molecular weight excluding hydrogens is 160 g/mol. The average molecular weight is 172 g/mol. The van der Waals surface area contributed by atoms with Crippen LogP contribution in [-0.4, -0.2) is 0 Å². The highest BCUT2D eigenvalue weighted by atomic mass is 35.5. The van der Waals surface area contributed by atoms with Gasteiger partial charge in [0.15, 0.2) is 0 Å². The van der Waals surface area contributed by atoms with Crippen LogP contribution in [0.2, 0.25) is 5.02 Å². The van der Waals surface area contributed by atoms with E-state index in [2.05, 4.69) is 0 Å². The fraction of sp³-hybridized carbons (Fsp3) is 0.444. The van der Waals surface area contributed by atoms with Crippen molar-refractivity contribution in [3.05, 3.63) is 27.7 Å². The molecule has 2 heteroatoms. The van der Waals surface area contributed by atoms with E-state index in [1.165, 1.54) is 0 Å². The van der Waals surface area contributed by atoms with E-state index in [0.29, 0.717) is 0 Å². The van der Waals surface area contributed by atoms with Gasteiger partial charge in [0.05, 0.1) is 30.0 Å². The number of aryl methyl sites for hydroxylation is 2. The normalized spacial score (nSPS) is 10.3. The zero-order chi connectivity index (χ0) is 8.59. The van der Waals surface area contributed by atoms with Crippen molar-refractivity contribution in [2.75, 3.05) is 0 Å². The second-order valence-corrected chi connectivity index (χ2v) is 3.16. The zero-order valence-corrected chi connectivity index (χ0v) is 8.04. The van der Waals surface area contributed by atoms with Crippen LogP contribution >= 0.6 is 11.6 Å². The van der Waals surface area contributed by atoms with Gasteiger partial charge in [-0.2, -0.15) is 0 Å². The first-order valence-corrected chi connectivity index (χ1v) is 3.98. The molecule has 0 radical (unpaired) electrons. The Hall–Kier alpha value is -0.560. The van der Waals surface area contributed by atoms with E-state index in [4.69, 9.17) is 16.0 Å². The molecule has 60 valence electrons. The fourth-order valence-electron chi connectivity index (χ4n) is 0.973. The molecule has 0 saturated carbocycles. The van der Waals surface area contributed by atoms with Gasteiger partial charge >= 0.3 is 11.5 Å². The summed E-state index contributed by atoms with van der Waals surface area (Å²) in [5.74, 6) is 1.80. The van der Waals surface area contributed by atoms with Crippen molar-refractivity contribution < 1.29 is 4.42 Å². The summed E-state index contributed by atoms with van der Waals surface area (Å²) < 4.78 is 5.44. The summed E-state index contributed by atoms with van der Waals surface area (Å²) in [6.07, 6.45) is 0. The fourth-order valence-corrected chi connectivity index (χ4v) is 1.24.